The number of hydrogen-bond acceptors (Lipinski definition) is 5. The Kier molecular flexibility index (Phi) is 3.24. The van der Waals surface area contributed by atoms with Crippen LogP contribution in [0.2, 0.25) is 0 Å². The lowest BCUT2D eigenvalue weighted by atomic mass is 10.3. The minimum atomic E-state index is -3.76. The highest BCUT2D eigenvalue weighted by molar-refractivity contribution is 7.86. The van der Waals surface area contributed by atoms with Gasteiger partial charge in [0.2, 0.25) is 5.94 Å². The molecule has 1 aromatic rings. The molecule has 0 aliphatic rings. The molecule has 5 nitrogen and oxygen atoms in total. The Bertz CT molecular complexity index is 348. The Balaban J connectivity index is 2.54. The van der Waals surface area contributed by atoms with Crippen molar-refractivity contribution in [3.63, 3.8) is 0 Å². The van der Waals surface area contributed by atoms with E-state index >= 15 is 0 Å². The summed E-state index contributed by atoms with van der Waals surface area (Å²) in [5.74, 6) is 4.36. The summed E-state index contributed by atoms with van der Waals surface area (Å²) >= 11 is 0. The van der Waals surface area contributed by atoms with Crippen molar-refractivity contribution >= 4 is 10.1 Å². The molecule has 72 valence electrons. The van der Waals surface area contributed by atoms with Crippen molar-refractivity contribution in [1.29, 1.82) is 0 Å². The van der Waals surface area contributed by atoms with Gasteiger partial charge in [-0.25, -0.2) is 0 Å². The van der Waals surface area contributed by atoms with Crippen LogP contribution >= 0.6 is 0 Å². The molecule has 0 bridgehead atoms. The van der Waals surface area contributed by atoms with Gasteiger partial charge in [-0.2, -0.15) is 18.6 Å². The van der Waals surface area contributed by atoms with Gasteiger partial charge in [0, 0.05) is 0 Å². The lowest BCUT2D eigenvalue weighted by Gasteiger charge is -2.03. The van der Waals surface area contributed by atoms with Gasteiger partial charge in [0.1, 0.15) is 5.75 Å². The Morgan fingerprint density at radius 1 is 1.23 bits per heavy atom. The van der Waals surface area contributed by atoms with Crippen molar-refractivity contribution in [1.82, 2.24) is 0 Å². The SMILES string of the molecule is NOS(=O)(=O)COc1ccccc1. The maximum absolute atomic E-state index is 10.7. The highest BCUT2D eigenvalue weighted by Crippen LogP contribution is 2.08. The van der Waals surface area contributed by atoms with Crippen molar-refractivity contribution in [2.24, 2.45) is 5.90 Å². The summed E-state index contributed by atoms with van der Waals surface area (Å²) in [5.41, 5.74) is 0. The molecule has 2 N–H and O–H groups in total. The summed E-state index contributed by atoms with van der Waals surface area (Å²) in [7, 11) is -3.76. The fraction of sp³-hybridized carbons (Fsp3) is 0.143. The Morgan fingerprint density at radius 3 is 2.38 bits per heavy atom. The molecule has 0 fully saturated rings. The quantitative estimate of drug-likeness (QED) is 0.709. The average molecular weight is 203 g/mol. The van der Waals surface area contributed by atoms with Crippen LogP contribution in [0.1, 0.15) is 0 Å². The predicted molar refractivity (Wildman–Crippen MR) is 46.1 cm³/mol. The Morgan fingerprint density at radius 2 is 1.85 bits per heavy atom. The molecule has 0 unspecified atom stereocenters. The number of nitrogens with two attached hydrogens (primary N) is 1. The van der Waals surface area contributed by atoms with Crippen LogP contribution in [0, 0.1) is 0 Å². The van der Waals surface area contributed by atoms with Crippen LogP contribution in [-0.4, -0.2) is 14.4 Å². The molecule has 0 aromatic heterocycles. The number of hydrogen-bond donors (Lipinski definition) is 1. The maximum atomic E-state index is 10.7. The fourth-order valence-corrected chi connectivity index (χ4v) is 1.02. The van der Waals surface area contributed by atoms with E-state index in [0.717, 1.165) is 0 Å². The van der Waals surface area contributed by atoms with E-state index in [-0.39, 0.29) is 0 Å². The highest BCUT2D eigenvalue weighted by atomic mass is 32.2. The van der Waals surface area contributed by atoms with Crippen LogP contribution in [0.4, 0.5) is 0 Å². The minimum Gasteiger partial charge on any atom is -0.475 e. The molecule has 0 aliphatic carbocycles. The molecule has 0 amide bonds. The van der Waals surface area contributed by atoms with Crippen LogP contribution in [0.25, 0.3) is 0 Å². The molecule has 1 aromatic carbocycles. The van der Waals surface area contributed by atoms with Gasteiger partial charge in [-0.3, -0.25) is 0 Å². The molecule has 0 heterocycles. The zero-order chi connectivity index (χ0) is 9.73. The van der Waals surface area contributed by atoms with E-state index in [1.54, 1.807) is 30.3 Å². The first-order chi connectivity index (χ1) is 6.14. The number of benzene rings is 1. The summed E-state index contributed by atoms with van der Waals surface area (Å²) < 4.78 is 30.0. The first-order valence-electron chi connectivity index (χ1n) is 3.43. The van der Waals surface area contributed by atoms with Crippen LogP contribution in [0.5, 0.6) is 5.75 Å². The lowest BCUT2D eigenvalue weighted by Crippen LogP contribution is -2.18. The number of rotatable bonds is 4. The van der Waals surface area contributed by atoms with Crippen molar-refractivity contribution in [2.45, 2.75) is 0 Å². The van der Waals surface area contributed by atoms with Crippen LogP contribution < -0.4 is 10.6 Å². The largest absolute Gasteiger partial charge is 0.475 e. The second-order valence-corrected chi connectivity index (χ2v) is 3.77. The van der Waals surface area contributed by atoms with E-state index in [9.17, 15) is 8.42 Å². The fourth-order valence-electron chi connectivity index (χ4n) is 0.685. The van der Waals surface area contributed by atoms with Gasteiger partial charge in [-0.05, 0) is 12.1 Å². The van der Waals surface area contributed by atoms with Gasteiger partial charge < -0.3 is 4.74 Å². The second-order valence-electron chi connectivity index (χ2n) is 2.23. The van der Waals surface area contributed by atoms with E-state index in [1.807, 2.05) is 0 Å². The number of para-hydroxylation sites is 1. The molecular weight excluding hydrogens is 194 g/mol. The third-order valence-electron chi connectivity index (χ3n) is 1.26. The zero-order valence-corrected chi connectivity index (χ0v) is 7.53. The van der Waals surface area contributed by atoms with Crippen molar-refractivity contribution in [3.8, 4) is 5.75 Å². The summed E-state index contributed by atoms with van der Waals surface area (Å²) in [5, 5.41) is 0. The van der Waals surface area contributed by atoms with E-state index in [4.69, 9.17) is 4.74 Å². The standard InChI is InChI=1S/C7H9NO4S/c8-12-13(9,10)6-11-7-4-2-1-3-5-7/h1-5H,6,8H2. The minimum absolute atomic E-state index is 0.447. The van der Waals surface area contributed by atoms with Gasteiger partial charge >= 0.3 is 10.1 Å². The van der Waals surface area contributed by atoms with Crippen LogP contribution in [-0.2, 0) is 14.4 Å². The molecule has 0 saturated carbocycles. The Labute approximate surface area is 76.2 Å². The summed E-state index contributed by atoms with van der Waals surface area (Å²) in [6, 6.07) is 8.51. The molecular formula is C7H9NO4S. The molecule has 0 saturated heterocycles. The highest BCUT2D eigenvalue weighted by Gasteiger charge is 2.09. The summed E-state index contributed by atoms with van der Waals surface area (Å²) in [4.78, 5) is 0. The third-order valence-corrected chi connectivity index (χ3v) is 1.96. The van der Waals surface area contributed by atoms with Gasteiger partial charge in [0.05, 0.1) is 0 Å². The third kappa shape index (κ3) is 3.41. The normalized spacial score (nSPS) is 11.2. The van der Waals surface area contributed by atoms with E-state index in [0.29, 0.717) is 5.75 Å². The van der Waals surface area contributed by atoms with Gasteiger partial charge in [-0.15, -0.1) is 0 Å². The van der Waals surface area contributed by atoms with Crippen molar-refractivity contribution < 1.29 is 17.4 Å². The smallest absolute Gasteiger partial charge is 0.318 e. The molecule has 0 aliphatic heterocycles. The van der Waals surface area contributed by atoms with Crippen molar-refractivity contribution in [3.05, 3.63) is 30.3 Å². The zero-order valence-electron chi connectivity index (χ0n) is 6.71. The van der Waals surface area contributed by atoms with Gasteiger partial charge in [0.15, 0.2) is 0 Å². The summed E-state index contributed by atoms with van der Waals surface area (Å²) in [6.45, 7) is 0. The average Bonchev–Trinajstić information content (AvgIpc) is 2.17. The molecule has 0 spiro atoms. The molecule has 13 heavy (non-hydrogen) atoms. The van der Waals surface area contributed by atoms with Crippen molar-refractivity contribution in [2.75, 3.05) is 5.94 Å². The topological polar surface area (TPSA) is 78.6 Å². The molecule has 1 rings (SSSR count). The van der Waals surface area contributed by atoms with Crippen LogP contribution in [0.3, 0.4) is 0 Å². The monoisotopic (exact) mass is 203 g/mol. The lowest BCUT2D eigenvalue weighted by molar-refractivity contribution is 0.295. The van der Waals surface area contributed by atoms with E-state index in [2.05, 4.69) is 10.2 Å². The summed E-state index contributed by atoms with van der Waals surface area (Å²) in [6.07, 6.45) is 0. The maximum Gasteiger partial charge on any atom is 0.318 e. The number of ether oxygens (including phenoxy) is 1. The predicted octanol–water partition coefficient (Wildman–Crippen LogP) is 0.243. The Hall–Kier alpha value is -1.11. The first-order valence-corrected chi connectivity index (χ1v) is 5.01. The van der Waals surface area contributed by atoms with E-state index < -0.39 is 16.1 Å². The molecule has 0 atom stereocenters. The first kappa shape index (κ1) is 9.97. The molecule has 0 radical (unpaired) electrons. The van der Waals surface area contributed by atoms with E-state index in [1.165, 1.54) is 0 Å². The second kappa shape index (κ2) is 4.22. The van der Waals surface area contributed by atoms with Crippen LogP contribution in [0.15, 0.2) is 30.3 Å². The van der Waals surface area contributed by atoms with Gasteiger partial charge in [0.25, 0.3) is 0 Å². The van der Waals surface area contributed by atoms with Gasteiger partial charge in [-0.1, -0.05) is 18.2 Å². The molecule has 6 heteroatoms.